The third kappa shape index (κ3) is 3.41. The van der Waals surface area contributed by atoms with Crippen molar-refractivity contribution in [3.8, 4) is 5.75 Å². The predicted octanol–water partition coefficient (Wildman–Crippen LogP) is 4.88. The highest BCUT2D eigenvalue weighted by Gasteiger charge is 2.24. The lowest BCUT2D eigenvalue weighted by molar-refractivity contribution is 0.0596. The molecule has 0 heterocycles. The minimum atomic E-state index is -0.521. The monoisotopic (exact) mass is 346 g/mol. The Morgan fingerprint density at radius 1 is 1.17 bits per heavy atom. The average Bonchev–Trinajstić information content (AvgIpc) is 2.59. The third-order valence-electron chi connectivity index (χ3n) is 4.54. The van der Waals surface area contributed by atoms with Gasteiger partial charge >= 0.3 is 5.97 Å². The van der Waals surface area contributed by atoms with Crippen molar-refractivity contribution in [1.29, 1.82) is 0 Å². The smallest absolute Gasteiger partial charge is 0.341 e. The number of carbonyl (C=O) groups is 1. The van der Waals surface area contributed by atoms with Crippen LogP contribution in [0.5, 0.6) is 5.75 Å². The molecule has 0 aliphatic rings. The number of hydrogen-bond donors (Lipinski definition) is 1. The quantitative estimate of drug-likeness (QED) is 0.620. The second-order valence-electron chi connectivity index (χ2n) is 5.86. The summed E-state index contributed by atoms with van der Waals surface area (Å²) in [6, 6.07) is 9.85. The van der Waals surface area contributed by atoms with Gasteiger partial charge in [-0.2, -0.15) is 0 Å². The molecule has 0 aliphatic heterocycles. The summed E-state index contributed by atoms with van der Waals surface area (Å²) < 4.78 is 4.85. The third-order valence-corrected chi connectivity index (χ3v) is 4.95. The summed E-state index contributed by atoms with van der Waals surface area (Å²) in [5.41, 5.74) is 4.76. The Morgan fingerprint density at radius 3 is 2.33 bits per heavy atom. The maximum atomic E-state index is 12.1. The molecule has 4 heteroatoms. The van der Waals surface area contributed by atoms with Gasteiger partial charge in [-0.3, -0.25) is 0 Å². The number of alkyl halides is 1. The molecule has 0 fully saturated rings. The van der Waals surface area contributed by atoms with Crippen molar-refractivity contribution in [2.45, 2.75) is 39.0 Å². The second kappa shape index (κ2) is 7.71. The summed E-state index contributed by atoms with van der Waals surface area (Å²) in [4.78, 5) is 12.1. The molecule has 2 aromatic carbocycles. The Balaban J connectivity index is 2.55. The lowest BCUT2D eigenvalue weighted by Gasteiger charge is -2.21. The Labute approximate surface area is 148 Å². The van der Waals surface area contributed by atoms with E-state index in [0.29, 0.717) is 12.8 Å². The fourth-order valence-corrected chi connectivity index (χ4v) is 3.47. The fourth-order valence-electron chi connectivity index (χ4n) is 3.17. The van der Waals surface area contributed by atoms with Gasteiger partial charge in [0.1, 0.15) is 11.3 Å². The van der Waals surface area contributed by atoms with Crippen LogP contribution in [0.2, 0.25) is 0 Å². The van der Waals surface area contributed by atoms with Crippen molar-refractivity contribution < 1.29 is 14.6 Å². The normalized spacial score (nSPS) is 12.0. The maximum Gasteiger partial charge on any atom is 0.341 e. The number of phenols is 1. The van der Waals surface area contributed by atoms with Gasteiger partial charge in [-0.25, -0.2) is 4.79 Å². The van der Waals surface area contributed by atoms with Crippen LogP contribution in [0.3, 0.4) is 0 Å². The van der Waals surface area contributed by atoms with Crippen LogP contribution >= 0.6 is 11.6 Å². The zero-order chi connectivity index (χ0) is 17.9. The molecule has 1 N–H and O–H groups in total. The molecule has 0 amide bonds. The molecule has 24 heavy (non-hydrogen) atoms. The minimum absolute atomic E-state index is 0.0222. The van der Waals surface area contributed by atoms with E-state index in [0.717, 1.165) is 27.8 Å². The summed E-state index contributed by atoms with van der Waals surface area (Å²) in [5, 5.41) is 10.3. The molecule has 0 saturated carbocycles. The predicted molar refractivity (Wildman–Crippen MR) is 97.0 cm³/mol. The van der Waals surface area contributed by atoms with Crippen molar-refractivity contribution in [3.63, 3.8) is 0 Å². The van der Waals surface area contributed by atoms with E-state index in [-0.39, 0.29) is 16.7 Å². The first-order valence-electron chi connectivity index (χ1n) is 8.03. The van der Waals surface area contributed by atoms with E-state index in [1.54, 1.807) is 0 Å². The van der Waals surface area contributed by atoms with E-state index in [4.69, 9.17) is 16.3 Å². The van der Waals surface area contributed by atoms with Crippen LogP contribution in [0.25, 0.3) is 0 Å². The number of hydrogen-bond acceptors (Lipinski definition) is 3. The highest BCUT2D eigenvalue weighted by atomic mass is 35.5. The number of esters is 1. The molecule has 0 aliphatic carbocycles. The number of rotatable bonds is 5. The molecule has 0 radical (unpaired) electrons. The maximum absolute atomic E-state index is 12.1. The molecule has 2 aromatic rings. The summed E-state index contributed by atoms with van der Waals surface area (Å²) in [7, 11) is 1.32. The van der Waals surface area contributed by atoms with Crippen LogP contribution in [-0.2, 0) is 17.6 Å². The van der Waals surface area contributed by atoms with E-state index in [9.17, 15) is 9.90 Å². The first-order valence-corrected chi connectivity index (χ1v) is 8.47. The second-order valence-corrected chi connectivity index (χ2v) is 6.39. The van der Waals surface area contributed by atoms with Crippen molar-refractivity contribution in [1.82, 2.24) is 0 Å². The van der Waals surface area contributed by atoms with E-state index in [1.165, 1.54) is 7.11 Å². The number of methoxy groups -OCH3 is 1. The summed E-state index contributed by atoms with van der Waals surface area (Å²) in [6.07, 6.45) is 1.22. The van der Waals surface area contributed by atoms with E-state index < -0.39 is 5.97 Å². The largest absolute Gasteiger partial charge is 0.507 e. The van der Waals surface area contributed by atoms with Crippen LogP contribution in [-0.4, -0.2) is 18.2 Å². The molecular formula is C20H23ClO3. The SMILES string of the molecule is CCc1c(C)c(CC(Cl)c2ccccc2)c(C)c(C(=O)OC)c1O. The van der Waals surface area contributed by atoms with Crippen LogP contribution in [0.4, 0.5) is 0 Å². The average molecular weight is 347 g/mol. The van der Waals surface area contributed by atoms with Crippen LogP contribution < -0.4 is 0 Å². The van der Waals surface area contributed by atoms with Crippen LogP contribution in [0.15, 0.2) is 30.3 Å². The topological polar surface area (TPSA) is 46.5 Å². The Kier molecular flexibility index (Phi) is 5.89. The van der Waals surface area contributed by atoms with Crippen molar-refractivity contribution in [2.75, 3.05) is 7.11 Å². The van der Waals surface area contributed by atoms with Gasteiger partial charge in [0.05, 0.1) is 12.5 Å². The molecule has 0 aromatic heterocycles. The highest BCUT2D eigenvalue weighted by Crippen LogP contribution is 2.37. The van der Waals surface area contributed by atoms with Gasteiger partial charge in [0.15, 0.2) is 0 Å². The zero-order valence-electron chi connectivity index (χ0n) is 14.5. The van der Waals surface area contributed by atoms with Crippen LogP contribution in [0, 0.1) is 13.8 Å². The van der Waals surface area contributed by atoms with Gasteiger partial charge < -0.3 is 9.84 Å². The molecule has 2 rings (SSSR count). The molecular weight excluding hydrogens is 324 g/mol. The van der Waals surface area contributed by atoms with E-state index in [1.807, 2.05) is 51.1 Å². The van der Waals surface area contributed by atoms with Crippen molar-refractivity contribution >= 4 is 17.6 Å². The van der Waals surface area contributed by atoms with Crippen molar-refractivity contribution in [3.05, 3.63) is 63.7 Å². The number of aromatic hydroxyl groups is 1. The van der Waals surface area contributed by atoms with Gasteiger partial charge in [0.25, 0.3) is 0 Å². The standard InChI is InChI=1S/C20H23ClO3/c1-5-15-12(2)16(11-17(21)14-9-7-6-8-10-14)13(3)18(19(15)22)20(23)24-4/h6-10,17,22H,5,11H2,1-4H3. The lowest BCUT2D eigenvalue weighted by Crippen LogP contribution is -2.12. The minimum Gasteiger partial charge on any atom is -0.507 e. The first kappa shape index (κ1) is 18.3. The lowest BCUT2D eigenvalue weighted by atomic mass is 9.87. The summed E-state index contributed by atoms with van der Waals surface area (Å²) in [5.74, 6) is -0.499. The van der Waals surface area contributed by atoms with Gasteiger partial charge in [-0.1, -0.05) is 37.3 Å². The van der Waals surface area contributed by atoms with Crippen LogP contribution in [0.1, 0.15) is 50.5 Å². The number of benzene rings is 2. The molecule has 1 unspecified atom stereocenters. The molecule has 128 valence electrons. The molecule has 0 spiro atoms. The van der Waals surface area contributed by atoms with Gasteiger partial charge in [0.2, 0.25) is 0 Å². The summed E-state index contributed by atoms with van der Waals surface area (Å²) in [6.45, 7) is 5.76. The Bertz CT molecular complexity index is 739. The first-order chi connectivity index (χ1) is 11.4. The Hall–Kier alpha value is -2.00. The van der Waals surface area contributed by atoms with Gasteiger partial charge in [0, 0.05) is 0 Å². The molecule has 3 nitrogen and oxygen atoms in total. The number of halogens is 1. The summed E-state index contributed by atoms with van der Waals surface area (Å²) >= 11 is 6.61. The molecule has 1 atom stereocenters. The van der Waals surface area contributed by atoms with E-state index >= 15 is 0 Å². The zero-order valence-corrected chi connectivity index (χ0v) is 15.3. The van der Waals surface area contributed by atoms with Gasteiger partial charge in [-0.15, -0.1) is 11.6 Å². The van der Waals surface area contributed by atoms with Crippen molar-refractivity contribution in [2.24, 2.45) is 0 Å². The number of ether oxygens (including phenoxy) is 1. The van der Waals surface area contributed by atoms with Gasteiger partial charge in [-0.05, 0) is 54.5 Å². The molecule has 0 saturated heterocycles. The highest BCUT2D eigenvalue weighted by molar-refractivity contribution is 6.21. The number of carbonyl (C=O) groups excluding carboxylic acids is 1. The van der Waals surface area contributed by atoms with E-state index in [2.05, 4.69) is 0 Å². The Morgan fingerprint density at radius 2 is 1.79 bits per heavy atom. The fraction of sp³-hybridized carbons (Fsp3) is 0.350. The molecule has 0 bridgehead atoms. The number of phenolic OH excluding ortho intramolecular Hbond substituents is 1.